The lowest BCUT2D eigenvalue weighted by Crippen LogP contribution is -2.12. The largest absolute Gasteiger partial charge is 0.507 e. The van der Waals surface area contributed by atoms with Gasteiger partial charge in [-0.15, -0.1) is 0 Å². The Kier molecular flexibility index (Phi) is 5.44. The molecular formula is C23H23N5O3. The first kappa shape index (κ1) is 20.2. The van der Waals surface area contributed by atoms with Crippen LogP contribution in [0.25, 0.3) is 22.0 Å². The second-order valence-corrected chi connectivity index (χ2v) is 7.37. The number of aromatic amines is 1. The van der Waals surface area contributed by atoms with Crippen molar-refractivity contribution in [2.24, 2.45) is 0 Å². The van der Waals surface area contributed by atoms with Gasteiger partial charge in [-0.25, -0.2) is 9.97 Å². The molecule has 0 saturated carbocycles. The average molecular weight is 417 g/mol. The first-order valence-electron chi connectivity index (χ1n) is 9.84. The van der Waals surface area contributed by atoms with E-state index in [1.807, 2.05) is 26.0 Å². The number of amides is 1. The molecule has 4 rings (SSSR count). The highest BCUT2D eigenvalue weighted by Gasteiger charge is 2.15. The van der Waals surface area contributed by atoms with Gasteiger partial charge in [-0.3, -0.25) is 4.79 Å². The molecule has 0 aliphatic heterocycles. The molecule has 0 spiro atoms. The molecule has 0 atom stereocenters. The van der Waals surface area contributed by atoms with Crippen LogP contribution in [0.4, 0.5) is 11.6 Å². The summed E-state index contributed by atoms with van der Waals surface area (Å²) in [5.41, 5.74) is 2.89. The van der Waals surface area contributed by atoms with E-state index in [1.165, 1.54) is 6.07 Å². The third-order valence-electron chi connectivity index (χ3n) is 4.71. The second kappa shape index (κ2) is 8.35. The molecule has 0 aliphatic rings. The molecule has 0 aliphatic carbocycles. The number of hydrogen-bond donors (Lipinski definition) is 4. The molecule has 1 amide bonds. The first-order valence-corrected chi connectivity index (χ1v) is 9.84. The summed E-state index contributed by atoms with van der Waals surface area (Å²) in [5, 5.41) is 17.3. The van der Waals surface area contributed by atoms with Gasteiger partial charge in [0.15, 0.2) is 0 Å². The normalized spacial score (nSPS) is 11.0. The number of ether oxygens (including phenoxy) is 1. The summed E-state index contributed by atoms with van der Waals surface area (Å²) in [6, 6.07) is 12.2. The van der Waals surface area contributed by atoms with E-state index >= 15 is 0 Å². The SMILES string of the molecule is COc1cc2nc(NC(C)C)ncc2cc1-c1cc(NC(=O)c2ccc[nH]2)ccc1O. The van der Waals surface area contributed by atoms with Crippen LogP contribution in [-0.2, 0) is 0 Å². The van der Waals surface area contributed by atoms with Crippen molar-refractivity contribution in [1.82, 2.24) is 15.0 Å². The fourth-order valence-corrected chi connectivity index (χ4v) is 3.27. The number of phenolic OH excluding ortho intramolecular Hbond substituents is 1. The smallest absolute Gasteiger partial charge is 0.272 e. The van der Waals surface area contributed by atoms with Gasteiger partial charge in [0.2, 0.25) is 5.95 Å². The molecule has 0 saturated heterocycles. The number of aromatic nitrogens is 3. The average Bonchev–Trinajstić information content (AvgIpc) is 3.29. The summed E-state index contributed by atoms with van der Waals surface area (Å²) in [7, 11) is 1.56. The predicted molar refractivity (Wildman–Crippen MR) is 121 cm³/mol. The highest BCUT2D eigenvalue weighted by Crippen LogP contribution is 2.39. The van der Waals surface area contributed by atoms with Crippen LogP contribution in [0.1, 0.15) is 24.3 Å². The van der Waals surface area contributed by atoms with E-state index in [0.717, 1.165) is 10.9 Å². The lowest BCUT2D eigenvalue weighted by molar-refractivity contribution is 0.102. The van der Waals surface area contributed by atoms with Crippen molar-refractivity contribution in [2.45, 2.75) is 19.9 Å². The summed E-state index contributed by atoms with van der Waals surface area (Å²) >= 11 is 0. The minimum absolute atomic E-state index is 0.0644. The summed E-state index contributed by atoms with van der Waals surface area (Å²) in [4.78, 5) is 24.1. The van der Waals surface area contributed by atoms with Gasteiger partial charge in [-0.05, 0) is 50.2 Å². The minimum atomic E-state index is -0.273. The van der Waals surface area contributed by atoms with Crippen LogP contribution < -0.4 is 15.4 Å². The maximum atomic E-state index is 12.4. The van der Waals surface area contributed by atoms with Crippen LogP contribution in [0.3, 0.4) is 0 Å². The third kappa shape index (κ3) is 4.28. The number of carbonyl (C=O) groups excluding carboxylic acids is 1. The summed E-state index contributed by atoms with van der Waals surface area (Å²) < 4.78 is 5.58. The van der Waals surface area contributed by atoms with Crippen LogP contribution >= 0.6 is 0 Å². The Morgan fingerprint density at radius 1 is 1.16 bits per heavy atom. The highest BCUT2D eigenvalue weighted by atomic mass is 16.5. The maximum Gasteiger partial charge on any atom is 0.272 e. The highest BCUT2D eigenvalue weighted by molar-refractivity contribution is 6.03. The van der Waals surface area contributed by atoms with Crippen LogP contribution in [0.5, 0.6) is 11.5 Å². The summed E-state index contributed by atoms with van der Waals surface area (Å²) in [6.07, 6.45) is 3.41. The fourth-order valence-electron chi connectivity index (χ4n) is 3.27. The molecule has 4 N–H and O–H groups in total. The molecular weight excluding hydrogens is 394 g/mol. The van der Waals surface area contributed by atoms with Crippen LogP contribution in [-0.4, -0.2) is 39.1 Å². The Balaban J connectivity index is 1.73. The predicted octanol–water partition coefficient (Wildman–Crippen LogP) is 4.41. The van der Waals surface area contributed by atoms with Crippen molar-refractivity contribution < 1.29 is 14.6 Å². The van der Waals surface area contributed by atoms with Gasteiger partial charge in [0.1, 0.15) is 17.2 Å². The zero-order valence-corrected chi connectivity index (χ0v) is 17.4. The van der Waals surface area contributed by atoms with Crippen molar-refractivity contribution in [2.75, 3.05) is 17.7 Å². The summed E-state index contributed by atoms with van der Waals surface area (Å²) in [5.74, 6) is 0.874. The van der Waals surface area contributed by atoms with Crippen molar-refractivity contribution >= 4 is 28.4 Å². The van der Waals surface area contributed by atoms with Crippen LogP contribution in [0.2, 0.25) is 0 Å². The van der Waals surface area contributed by atoms with E-state index in [-0.39, 0.29) is 17.7 Å². The quantitative estimate of drug-likeness (QED) is 0.346. The van der Waals surface area contributed by atoms with E-state index < -0.39 is 0 Å². The number of carbonyl (C=O) groups is 1. The monoisotopic (exact) mass is 417 g/mol. The van der Waals surface area contributed by atoms with Gasteiger partial charge in [-0.1, -0.05) is 0 Å². The Bertz CT molecular complexity index is 1240. The van der Waals surface area contributed by atoms with Gasteiger partial charge < -0.3 is 25.5 Å². The Labute approximate surface area is 179 Å². The molecule has 2 heterocycles. The van der Waals surface area contributed by atoms with E-state index in [2.05, 4.69) is 25.6 Å². The van der Waals surface area contributed by atoms with E-state index in [4.69, 9.17) is 4.74 Å². The number of benzene rings is 2. The molecule has 0 bridgehead atoms. The molecule has 4 aromatic rings. The molecule has 2 aromatic heterocycles. The number of nitrogens with one attached hydrogen (secondary N) is 3. The van der Waals surface area contributed by atoms with Crippen molar-refractivity contribution in [3.8, 4) is 22.6 Å². The molecule has 8 nitrogen and oxygen atoms in total. The number of hydrogen-bond acceptors (Lipinski definition) is 6. The molecule has 0 radical (unpaired) electrons. The number of anilines is 2. The van der Waals surface area contributed by atoms with Crippen LogP contribution in [0, 0.1) is 0 Å². The Morgan fingerprint density at radius 2 is 2.00 bits per heavy atom. The number of nitrogens with zero attached hydrogens (tertiary/aromatic N) is 2. The van der Waals surface area contributed by atoms with E-state index in [9.17, 15) is 9.90 Å². The van der Waals surface area contributed by atoms with Gasteiger partial charge in [0.25, 0.3) is 5.91 Å². The van der Waals surface area contributed by atoms with Gasteiger partial charge in [-0.2, -0.15) is 0 Å². The minimum Gasteiger partial charge on any atom is -0.507 e. The number of aromatic hydroxyl groups is 1. The lowest BCUT2D eigenvalue weighted by Gasteiger charge is -2.14. The van der Waals surface area contributed by atoms with Crippen molar-refractivity contribution in [3.05, 3.63) is 60.6 Å². The van der Waals surface area contributed by atoms with Crippen LogP contribution in [0.15, 0.2) is 54.9 Å². The molecule has 2 aromatic carbocycles. The van der Waals surface area contributed by atoms with E-state index in [1.54, 1.807) is 43.8 Å². The third-order valence-corrected chi connectivity index (χ3v) is 4.71. The molecule has 158 valence electrons. The zero-order valence-electron chi connectivity index (χ0n) is 17.4. The summed E-state index contributed by atoms with van der Waals surface area (Å²) in [6.45, 7) is 4.03. The fraction of sp³-hybridized carbons (Fsp3) is 0.174. The Morgan fingerprint density at radius 3 is 2.71 bits per heavy atom. The second-order valence-electron chi connectivity index (χ2n) is 7.37. The Hall–Kier alpha value is -4.07. The number of phenols is 1. The lowest BCUT2D eigenvalue weighted by atomic mass is 10.0. The number of fused-ring (bicyclic) bond motifs is 1. The molecule has 8 heteroatoms. The van der Waals surface area contributed by atoms with E-state index in [0.29, 0.717) is 34.2 Å². The molecule has 0 fully saturated rings. The molecule has 0 unspecified atom stereocenters. The van der Waals surface area contributed by atoms with Gasteiger partial charge in [0, 0.05) is 46.7 Å². The van der Waals surface area contributed by atoms with Crippen molar-refractivity contribution in [1.29, 1.82) is 0 Å². The van der Waals surface area contributed by atoms with Gasteiger partial charge >= 0.3 is 0 Å². The number of H-pyrrole nitrogens is 1. The maximum absolute atomic E-state index is 12.4. The van der Waals surface area contributed by atoms with Gasteiger partial charge in [0.05, 0.1) is 12.6 Å². The first-order chi connectivity index (χ1) is 14.9. The standard InChI is InChI=1S/C23H23N5O3/c1-13(2)26-23-25-12-14-9-17(21(31-3)11-19(14)28-23)16-10-15(6-7-20(16)29)27-22(30)18-5-4-8-24-18/h4-13,24,29H,1-3H3,(H,27,30)(H,25,26,28). The number of rotatable bonds is 6. The molecule has 31 heavy (non-hydrogen) atoms. The van der Waals surface area contributed by atoms with Crippen molar-refractivity contribution in [3.63, 3.8) is 0 Å². The topological polar surface area (TPSA) is 112 Å². The number of methoxy groups -OCH3 is 1. The zero-order chi connectivity index (χ0) is 22.0.